The quantitative estimate of drug-likeness (QED) is 0.249. The number of benzene rings is 3. The van der Waals surface area contributed by atoms with Crippen LogP contribution in [-0.4, -0.2) is 42.2 Å². The Hall–Kier alpha value is -3.83. The topological polar surface area (TPSA) is 90.5 Å². The molecule has 0 aromatic heterocycles. The van der Waals surface area contributed by atoms with Gasteiger partial charge in [-0.3, -0.25) is 9.59 Å². The molecule has 0 spiro atoms. The van der Waals surface area contributed by atoms with E-state index in [0.29, 0.717) is 18.7 Å². The summed E-state index contributed by atoms with van der Waals surface area (Å²) in [6.45, 7) is 1.87. The van der Waals surface area contributed by atoms with Crippen molar-refractivity contribution < 1.29 is 36.6 Å². The van der Waals surface area contributed by atoms with Gasteiger partial charge in [0.05, 0.1) is 24.3 Å². The van der Waals surface area contributed by atoms with E-state index in [1.165, 1.54) is 6.07 Å². The van der Waals surface area contributed by atoms with Gasteiger partial charge in [-0.1, -0.05) is 37.3 Å². The summed E-state index contributed by atoms with van der Waals surface area (Å²) >= 11 is 0. The summed E-state index contributed by atoms with van der Waals surface area (Å²) in [6.07, 6.45) is -5.10. The molecule has 0 fully saturated rings. The van der Waals surface area contributed by atoms with E-state index in [1.807, 2.05) is 31.2 Å². The first kappa shape index (κ1) is 30.7. The highest BCUT2D eigenvalue weighted by Gasteiger charge is 2.31. The molecular weight excluding hydrogens is 533 g/mol. The molecule has 4 N–H and O–H groups in total. The molecule has 2 unspecified atom stereocenters. The van der Waals surface area contributed by atoms with Crippen LogP contribution in [0.25, 0.3) is 0 Å². The Bertz CT molecular complexity index is 1300. The Labute approximate surface area is 228 Å². The maximum absolute atomic E-state index is 13.7. The molecular formula is C29H30F5N3O3. The number of aliphatic hydroxyl groups is 1. The molecule has 214 valence electrons. The largest absolute Gasteiger partial charge is 0.416 e. The molecule has 3 rings (SSSR count). The molecule has 0 aliphatic carbocycles. The summed E-state index contributed by atoms with van der Waals surface area (Å²) in [5.74, 6) is -3.30. The Kier molecular flexibility index (Phi) is 10.7. The van der Waals surface area contributed by atoms with Crippen LogP contribution in [0, 0.1) is 11.6 Å². The number of carbonyl (C=O) groups excluding carboxylic acids is 2. The van der Waals surface area contributed by atoms with Crippen LogP contribution < -0.4 is 16.0 Å². The van der Waals surface area contributed by atoms with Gasteiger partial charge in [-0.2, -0.15) is 13.2 Å². The zero-order valence-corrected chi connectivity index (χ0v) is 21.7. The van der Waals surface area contributed by atoms with Gasteiger partial charge in [-0.15, -0.1) is 0 Å². The SMILES string of the molecule is CCc1cccc(CNCC(O)C(Cc2cc(F)cc(F)c2)NC(=O)CNC(=O)c2cccc(C(F)(F)F)c2)c1. The van der Waals surface area contributed by atoms with Gasteiger partial charge in [0.2, 0.25) is 5.91 Å². The normalized spacial score (nSPS) is 13.0. The maximum Gasteiger partial charge on any atom is 0.416 e. The van der Waals surface area contributed by atoms with Crippen LogP contribution in [0.15, 0.2) is 66.7 Å². The second-order valence-corrected chi connectivity index (χ2v) is 9.29. The minimum absolute atomic E-state index is 0.0235. The molecule has 6 nitrogen and oxygen atoms in total. The molecule has 11 heteroatoms. The Morgan fingerprint density at radius 2 is 1.57 bits per heavy atom. The Morgan fingerprint density at radius 1 is 0.900 bits per heavy atom. The predicted octanol–water partition coefficient (Wildman–Crippen LogP) is 4.15. The maximum atomic E-state index is 13.7. The Morgan fingerprint density at radius 3 is 2.25 bits per heavy atom. The zero-order valence-electron chi connectivity index (χ0n) is 21.7. The van der Waals surface area contributed by atoms with Gasteiger partial charge in [0.25, 0.3) is 5.91 Å². The average Bonchev–Trinajstić information content (AvgIpc) is 2.90. The summed E-state index contributed by atoms with van der Waals surface area (Å²) < 4.78 is 66.3. The number of hydrogen-bond donors (Lipinski definition) is 4. The van der Waals surface area contributed by atoms with Crippen LogP contribution in [0.1, 0.15) is 39.5 Å². The van der Waals surface area contributed by atoms with Crippen LogP contribution in [0.5, 0.6) is 0 Å². The van der Waals surface area contributed by atoms with Gasteiger partial charge >= 0.3 is 6.18 Å². The van der Waals surface area contributed by atoms with E-state index in [-0.39, 0.29) is 24.1 Å². The zero-order chi connectivity index (χ0) is 29.3. The van der Waals surface area contributed by atoms with E-state index in [4.69, 9.17) is 0 Å². The molecule has 0 saturated heterocycles. The third-order valence-corrected chi connectivity index (χ3v) is 6.13. The van der Waals surface area contributed by atoms with Crippen molar-refractivity contribution in [3.8, 4) is 0 Å². The summed E-state index contributed by atoms with van der Waals surface area (Å²) in [4.78, 5) is 25.0. The lowest BCUT2D eigenvalue weighted by molar-refractivity contribution is -0.137. The van der Waals surface area contributed by atoms with Gasteiger partial charge in [0.1, 0.15) is 11.6 Å². The van der Waals surface area contributed by atoms with Crippen molar-refractivity contribution in [3.63, 3.8) is 0 Å². The smallest absolute Gasteiger partial charge is 0.390 e. The Balaban J connectivity index is 1.64. The van der Waals surface area contributed by atoms with E-state index in [0.717, 1.165) is 41.8 Å². The van der Waals surface area contributed by atoms with Gasteiger partial charge in [-0.25, -0.2) is 8.78 Å². The molecule has 0 aliphatic heterocycles. The molecule has 0 saturated carbocycles. The standard InChI is InChI=1S/C29H30F5N3O3/c1-2-18-5-3-6-19(9-18)15-35-16-26(38)25(12-20-10-23(30)14-24(31)11-20)37-27(39)17-36-28(40)21-7-4-8-22(13-21)29(32,33)34/h3-11,13-14,25-26,35,38H,2,12,15-17H2,1H3,(H,36,40)(H,37,39). The fourth-order valence-electron chi connectivity index (χ4n) is 4.09. The number of aliphatic hydroxyl groups excluding tert-OH is 1. The van der Waals surface area contributed by atoms with Crippen molar-refractivity contribution >= 4 is 11.8 Å². The lowest BCUT2D eigenvalue weighted by Crippen LogP contribution is -2.51. The number of carbonyl (C=O) groups is 2. The molecule has 0 aliphatic rings. The van der Waals surface area contributed by atoms with E-state index in [9.17, 15) is 36.6 Å². The molecule has 2 amide bonds. The van der Waals surface area contributed by atoms with Gasteiger partial charge in [-0.05, 0) is 59.9 Å². The number of nitrogens with one attached hydrogen (secondary N) is 3. The minimum atomic E-state index is -4.64. The predicted molar refractivity (Wildman–Crippen MR) is 139 cm³/mol. The molecule has 0 heterocycles. The lowest BCUT2D eigenvalue weighted by atomic mass is 10.0. The molecule has 3 aromatic rings. The van der Waals surface area contributed by atoms with Crippen LogP contribution in [0.2, 0.25) is 0 Å². The fraction of sp³-hybridized carbons (Fsp3) is 0.310. The van der Waals surface area contributed by atoms with Crippen molar-refractivity contribution in [1.29, 1.82) is 0 Å². The van der Waals surface area contributed by atoms with Crippen molar-refractivity contribution in [2.45, 2.75) is 44.6 Å². The number of amides is 2. The first-order chi connectivity index (χ1) is 18.9. The van der Waals surface area contributed by atoms with Crippen LogP contribution >= 0.6 is 0 Å². The number of aryl methyl sites for hydroxylation is 1. The molecule has 40 heavy (non-hydrogen) atoms. The molecule has 3 aromatic carbocycles. The molecule has 0 bridgehead atoms. The van der Waals surface area contributed by atoms with Crippen molar-refractivity contribution in [1.82, 2.24) is 16.0 Å². The van der Waals surface area contributed by atoms with Crippen molar-refractivity contribution in [2.24, 2.45) is 0 Å². The molecule has 0 radical (unpaired) electrons. The number of rotatable bonds is 12. The fourth-order valence-corrected chi connectivity index (χ4v) is 4.09. The van der Waals surface area contributed by atoms with E-state index in [1.54, 1.807) is 0 Å². The first-order valence-electron chi connectivity index (χ1n) is 12.6. The van der Waals surface area contributed by atoms with E-state index in [2.05, 4.69) is 16.0 Å². The van der Waals surface area contributed by atoms with Crippen LogP contribution in [0.3, 0.4) is 0 Å². The highest BCUT2D eigenvalue weighted by atomic mass is 19.4. The van der Waals surface area contributed by atoms with Crippen molar-refractivity contribution in [2.75, 3.05) is 13.1 Å². The summed E-state index contributed by atoms with van der Waals surface area (Å²) in [7, 11) is 0. The van der Waals surface area contributed by atoms with E-state index >= 15 is 0 Å². The third kappa shape index (κ3) is 9.42. The van der Waals surface area contributed by atoms with E-state index < -0.39 is 53.9 Å². The summed E-state index contributed by atoms with van der Waals surface area (Å²) in [5.41, 5.74) is 1.02. The van der Waals surface area contributed by atoms with Gasteiger partial charge < -0.3 is 21.1 Å². The van der Waals surface area contributed by atoms with Gasteiger partial charge in [0.15, 0.2) is 0 Å². The molecule has 2 atom stereocenters. The highest BCUT2D eigenvalue weighted by molar-refractivity contribution is 5.96. The monoisotopic (exact) mass is 563 g/mol. The second kappa shape index (κ2) is 14.0. The third-order valence-electron chi connectivity index (χ3n) is 6.13. The van der Waals surface area contributed by atoms with Gasteiger partial charge in [0, 0.05) is 24.7 Å². The second-order valence-electron chi connectivity index (χ2n) is 9.29. The van der Waals surface area contributed by atoms with Crippen LogP contribution in [-0.2, 0) is 30.4 Å². The number of alkyl halides is 3. The summed E-state index contributed by atoms with van der Waals surface area (Å²) in [6, 6.07) is 13.4. The number of halogens is 5. The number of hydrogen-bond acceptors (Lipinski definition) is 4. The summed E-state index contributed by atoms with van der Waals surface area (Å²) in [5, 5.41) is 18.7. The van der Waals surface area contributed by atoms with Crippen LogP contribution in [0.4, 0.5) is 22.0 Å². The average molecular weight is 564 g/mol. The minimum Gasteiger partial charge on any atom is -0.390 e. The van der Waals surface area contributed by atoms with Crippen molar-refractivity contribution in [3.05, 3.63) is 106 Å². The highest BCUT2D eigenvalue weighted by Crippen LogP contribution is 2.29. The first-order valence-corrected chi connectivity index (χ1v) is 12.6. The lowest BCUT2D eigenvalue weighted by Gasteiger charge is -2.25.